The Morgan fingerprint density at radius 3 is 2.22 bits per heavy atom. The lowest BCUT2D eigenvalue weighted by Gasteiger charge is -2.27. The van der Waals surface area contributed by atoms with Crippen LogP contribution in [0.3, 0.4) is 0 Å². The Morgan fingerprint density at radius 1 is 1.17 bits per heavy atom. The van der Waals surface area contributed by atoms with E-state index in [2.05, 4.69) is 27.4 Å². The molecule has 1 aromatic carbocycles. The van der Waals surface area contributed by atoms with Crippen LogP contribution in [-0.4, -0.2) is 12.5 Å². The number of rotatable bonds is 1. The highest BCUT2D eigenvalue weighted by atomic mass is 16.2. The largest absolute Gasteiger partial charge is 0.312 e. The van der Waals surface area contributed by atoms with Crippen molar-refractivity contribution in [1.82, 2.24) is 0 Å². The molecule has 18 heavy (non-hydrogen) atoms. The van der Waals surface area contributed by atoms with Gasteiger partial charge < -0.3 is 4.90 Å². The maximum Gasteiger partial charge on any atom is 0.231 e. The molecule has 2 heteroatoms. The van der Waals surface area contributed by atoms with Gasteiger partial charge in [-0.05, 0) is 24.5 Å². The zero-order valence-electron chi connectivity index (χ0n) is 11.6. The van der Waals surface area contributed by atoms with Crippen molar-refractivity contribution in [2.75, 3.05) is 11.4 Å². The second kappa shape index (κ2) is 7.00. The Labute approximate surface area is 110 Å². The number of carbonyl (C=O) groups is 1. The van der Waals surface area contributed by atoms with E-state index < -0.39 is 0 Å². The number of hydrogen-bond acceptors (Lipinski definition) is 1. The highest BCUT2D eigenvalue weighted by Gasteiger charge is 2.20. The van der Waals surface area contributed by atoms with Crippen LogP contribution in [0, 0.1) is 5.92 Å². The van der Waals surface area contributed by atoms with Crippen LogP contribution in [0.1, 0.15) is 33.6 Å². The van der Waals surface area contributed by atoms with Crippen LogP contribution in [-0.2, 0) is 4.79 Å². The summed E-state index contributed by atoms with van der Waals surface area (Å²) in [6.07, 6.45) is 1.41. The minimum absolute atomic E-state index is 0.160. The molecule has 1 amide bonds. The molecule has 98 valence electrons. The summed E-state index contributed by atoms with van der Waals surface area (Å²) in [5.74, 6) is 0.993. The average Bonchev–Trinajstić information content (AvgIpc) is 2.29. The second-order valence-corrected chi connectivity index (χ2v) is 5.29. The summed E-state index contributed by atoms with van der Waals surface area (Å²) < 4.78 is 0. The van der Waals surface area contributed by atoms with Gasteiger partial charge in [-0.2, -0.15) is 0 Å². The molecule has 0 saturated carbocycles. The molecule has 1 saturated heterocycles. The minimum atomic E-state index is 0.160. The highest BCUT2D eigenvalue weighted by Crippen LogP contribution is 2.22. The molecule has 0 N–H and O–H groups in total. The number of anilines is 1. The predicted octanol–water partition coefficient (Wildman–Crippen LogP) is 4.03. The molecule has 0 spiro atoms. The van der Waals surface area contributed by atoms with E-state index in [-0.39, 0.29) is 5.91 Å². The number of amides is 1. The topological polar surface area (TPSA) is 20.3 Å². The number of carbonyl (C=O) groups excluding carboxylic acids is 1. The molecule has 1 aliphatic rings. The first-order valence-corrected chi connectivity index (χ1v) is 6.52. The van der Waals surface area contributed by atoms with Crippen LogP contribution in [0.15, 0.2) is 42.5 Å². The van der Waals surface area contributed by atoms with E-state index in [1.54, 1.807) is 0 Å². The third-order valence-corrected chi connectivity index (χ3v) is 2.46. The van der Waals surface area contributed by atoms with Crippen molar-refractivity contribution in [1.29, 1.82) is 0 Å². The van der Waals surface area contributed by atoms with Crippen molar-refractivity contribution < 1.29 is 4.79 Å². The van der Waals surface area contributed by atoms with Gasteiger partial charge in [0.25, 0.3) is 0 Å². The molecule has 0 unspecified atom stereocenters. The summed E-state index contributed by atoms with van der Waals surface area (Å²) in [5, 5.41) is 0. The van der Waals surface area contributed by atoms with Crippen LogP contribution >= 0.6 is 0 Å². The van der Waals surface area contributed by atoms with Crippen LogP contribution < -0.4 is 4.90 Å². The zero-order valence-corrected chi connectivity index (χ0v) is 11.6. The molecule has 2 nitrogen and oxygen atoms in total. The van der Waals surface area contributed by atoms with Gasteiger partial charge in [0.1, 0.15) is 0 Å². The summed E-state index contributed by atoms with van der Waals surface area (Å²) in [4.78, 5) is 13.5. The molecule has 0 bridgehead atoms. The molecule has 1 heterocycles. The third-order valence-electron chi connectivity index (χ3n) is 2.46. The van der Waals surface area contributed by atoms with Gasteiger partial charge in [-0.15, -0.1) is 0 Å². The third kappa shape index (κ3) is 4.74. The van der Waals surface area contributed by atoms with Crippen molar-refractivity contribution >= 4 is 11.6 Å². The van der Waals surface area contributed by atoms with Gasteiger partial charge in [0.2, 0.25) is 5.91 Å². The fourth-order valence-electron chi connectivity index (χ4n) is 1.67. The Hall–Kier alpha value is -1.57. The fourth-order valence-corrected chi connectivity index (χ4v) is 1.67. The molecule has 1 aromatic rings. The Morgan fingerprint density at radius 2 is 1.72 bits per heavy atom. The van der Waals surface area contributed by atoms with Gasteiger partial charge in [0, 0.05) is 18.7 Å². The first kappa shape index (κ1) is 14.5. The standard InChI is InChI=1S/C12H13NO.C4H10/c1-10-7-8-13(12(14)9-10)11-5-3-2-4-6-11;1-4(2)3/h2-6H,1,7-9H2;4H,1-3H3. The summed E-state index contributed by atoms with van der Waals surface area (Å²) in [6, 6.07) is 9.78. The Balaban J connectivity index is 0.000000357. The number of piperidine rings is 1. The summed E-state index contributed by atoms with van der Waals surface area (Å²) in [6.45, 7) is 11.1. The number of hydrogen-bond donors (Lipinski definition) is 0. The van der Waals surface area contributed by atoms with E-state index in [0.29, 0.717) is 6.42 Å². The predicted molar refractivity (Wildman–Crippen MR) is 77.7 cm³/mol. The molecule has 0 radical (unpaired) electrons. The maximum atomic E-state index is 11.7. The van der Waals surface area contributed by atoms with Gasteiger partial charge in [0.05, 0.1) is 0 Å². The molecule has 0 aliphatic carbocycles. The minimum Gasteiger partial charge on any atom is -0.312 e. The highest BCUT2D eigenvalue weighted by molar-refractivity contribution is 5.95. The van der Waals surface area contributed by atoms with Crippen molar-refractivity contribution in [3.8, 4) is 0 Å². The SMILES string of the molecule is C=C1CCN(c2ccccc2)C(=O)C1.CC(C)C. The van der Waals surface area contributed by atoms with Crippen molar-refractivity contribution in [2.24, 2.45) is 5.92 Å². The Kier molecular flexibility index (Phi) is 5.63. The van der Waals surface area contributed by atoms with Gasteiger partial charge in [-0.25, -0.2) is 0 Å². The van der Waals surface area contributed by atoms with Crippen molar-refractivity contribution in [3.63, 3.8) is 0 Å². The first-order valence-electron chi connectivity index (χ1n) is 6.52. The van der Waals surface area contributed by atoms with Crippen molar-refractivity contribution in [2.45, 2.75) is 33.6 Å². The van der Waals surface area contributed by atoms with Crippen LogP contribution in [0.25, 0.3) is 0 Å². The van der Waals surface area contributed by atoms with E-state index in [0.717, 1.165) is 30.1 Å². The molecule has 0 atom stereocenters. The van der Waals surface area contributed by atoms with Crippen LogP contribution in [0.5, 0.6) is 0 Å². The van der Waals surface area contributed by atoms with E-state index in [9.17, 15) is 4.79 Å². The normalized spacial score (nSPS) is 15.4. The summed E-state index contributed by atoms with van der Waals surface area (Å²) in [7, 11) is 0. The number of para-hydroxylation sites is 1. The second-order valence-electron chi connectivity index (χ2n) is 5.29. The van der Waals surface area contributed by atoms with Gasteiger partial charge >= 0.3 is 0 Å². The van der Waals surface area contributed by atoms with E-state index in [1.807, 2.05) is 35.2 Å². The summed E-state index contributed by atoms with van der Waals surface area (Å²) >= 11 is 0. The maximum absolute atomic E-state index is 11.7. The number of nitrogens with zero attached hydrogens (tertiary/aromatic N) is 1. The summed E-state index contributed by atoms with van der Waals surface area (Å²) in [5.41, 5.74) is 2.03. The lowest BCUT2D eigenvalue weighted by Crippen LogP contribution is -2.35. The van der Waals surface area contributed by atoms with E-state index in [4.69, 9.17) is 0 Å². The smallest absolute Gasteiger partial charge is 0.231 e. The molecular formula is C16H23NO. The number of benzene rings is 1. The van der Waals surface area contributed by atoms with Gasteiger partial charge in [-0.3, -0.25) is 4.79 Å². The first-order chi connectivity index (χ1) is 8.50. The van der Waals surface area contributed by atoms with E-state index >= 15 is 0 Å². The lowest BCUT2D eigenvalue weighted by molar-refractivity contribution is -0.118. The monoisotopic (exact) mass is 245 g/mol. The van der Waals surface area contributed by atoms with E-state index in [1.165, 1.54) is 0 Å². The van der Waals surface area contributed by atoms with Gasteiger partial charge in [0.15, 0.2) is 0 Å². The van der Waals surface area contributed by atoms with Crippen LogP contribution in [0.4, 0.5) is 5.69 Å². The lowest BCUT2D eigenvalue weighted by atomic mass is 10.0. The zero-order chi connectivity index (χ0) is 13.5. The van der Waals surface area contributed by atoms with Gasteiger partial charge in [-0.1, -0.05) is 51.1 Å². The molecule has 2 rings (SSSR count). The van der Waals surface area contributed by atoms with Crippen LogP contribution in [0.2, 0.25) is 0 Å². The van der Waals surface area contributed by atoms with Crippen molar-refractivity contribution in [3.05, 3.63) is 42.5 Å². The molecule has 1 fully saturated rings. The fraction of sp³-hybridized carbons (Fsp3) is 0.438. The molecule has 1 aliphatic heterocycles. The molecule has 0 aromatic heterocycles. The molecular weight excluding hydrogens is 222 g/mol. The Bertz CT molecular complexity index is 392. The quantitative estimate of drug-likeness (QED) is 0.684. The average molecular weight is 245 g/mol.